The number of nitrogens with zero attached hydrogens (tertiary/aromatic N) is 2. The summed E-state index contributed by atoms with van der Waals surface area (Å²) >= 11 is 3.46. The summed E-state index contributed by atoms with van der Waals surface area (Å²) < 4.78 is 1.08. The highest BCUT2D eigenvalue weighted by Gasteiger charge is 2.13. The van der Waals surface area contributed by atoms with Crippen LogP contribution in [0.25, 0.3) is 11.3 Å². The summed E-state index contributed by atoms with van der Waals surface area (Å²) in [7, 11) is 1.97. The average Bonchev–Trinajstić information content (AvgIpc) is 2.44. The molecule has 2 rings (SSSR count). The van der Waals surface area contributed by atoms with Crippen LogP contribution in [-0.4, -0.2) is 23.6 Å². The van der Waals surface area contributed by atoms with E-state index in [0.29, 0.717) is 5.92 Å². The molecule has 1 aromatic heterocycles. The maximum Gasteiger partial charge on any atom is 0.133 e. The molecule has 0 fully saturated rings. The van der Waals surface area contributed by atoms with Crippen molar-refractivity contribution in [2.45, 2.75) is 26.2 Å². The van der Waals surface area contributed by atoms with E-state index < -0.39 is 0 Å². The first-order chi connectivity index (χ1) is 9.63. The Morgan fingerprint density at radius 1 is 1.20 bits per heavy atom. The van der Waals surface area contributed by atoms with Crippen LogP contribution in [0.15, 0.2) is 34.8 Å². The Kier molecular flexibility index (Phi) is 5.26. The quantitative estimate of drug-likeness (QED) is 0.900. The second-order valence-electron chi connectivity index (χ2n) is 4.92. The second kappa shape index (κ2) is 6.95. The van der Waals surface area contributed by atoms with Gasteiger partial charge in [-0.15, -0.1) is 0 Å². The van der Waals surface area contributed by atoms with Gasteiger partial charge in [0.25, 0.3) is 0 Å². The van der Waals surface area contributed by atoms with Gasteiger partial charge < -0.3 is 5.32 Å². The van der Waals surface area contributed by atoms with Gasteiger partial charge in [0, 0.05) is 28.2 Å². The number of rotatable bonds is 5. The van der Waals surface area contributed by atoms with Gasteiger partial charge in [0.2, 0.25) is 0 Å². The van der Waals surface area contributed by atoms with Gasteiger partial charge in [-0.1, -0.05) is 35.0 Å². The number of benzene rings is 1. The maximum atomic E-state index is 4.76. The van der Waals surface area contributed by atoms with Crippen LogP contribution >= 0.6 is 15.9 Å². The minimum atomic E-state index is 0.356. The van der Waals surface area contributed by atoms with Crippen molar-refractivity contribution < 1.29 is 0 Å². The number of aromatic nitrogens is 2. The van der Waals surface area contributed by atoms with E-state index in [-0.39, 0.29) is 0 Å². The molecule has 1 unspecified atom stereocenters. The molecule has 0 bridgehead atoms. The van der Waals surface area contributed by atoms with Gasteiger partial charge in [-0.3, -0.25) is 0 Å². The molecular formula is C16H20BrN3. The van der Waals surface area contributed by atoms with Gasteiger partial charge in [0.15, 0.2) is 0 Å². The third kappa shape index (κ3) is 3.64. The molecule has 0 aliphatic rings. The van der Waals surface area contributed by atoms with E-state index in [4.69, 9.17) is 4.98 Å². The molecule has 0 aliphatic carbocycles. The van der Waals surface area contributed by atoms with E-state index in [9.17, 15) is 0 Å². The predicted molar refractivity (Wildman–Crippen MR) is 86.9 cm³/mol. The molecule has 1 aromatic carbocycles. The summed E-state index contributed by atoms with van der Waals surface area (Å²) in [6, 6.07) is 10.3. The fourth-order valence-electron chi connectivity index (χ4n) is 2.21. The third-order valence-corrected chi connectivity index (χ3v) is 3.85. The van der Waals surface area contributed by atoms with Crippen LogP contribution in [0.1, 0.15) is 30.8 Å². The van der Waals surface area contributed by atoms with Gasteiger partial charge in [-0.25, -0.2) is 9.97 Å². The van der Waals surface area contributed by atoms with Crippen LogP contribution in [0.5, 0.6) is 0 Å². The van der Waals surface area contributed by atoms with E-state index in [1.54, 1.807) is 0 Å². The monoisotopic (exact) mass is 333 g/mol. The van der Waals surface area contributed by atoms with Gasteiger partial charge in [0.05, 0.1) is 5.69 Å². The van der Waals surface area contributed by atoms with Gasteiger partial charge in [-0.2, -0.15) is 0 Å². The van der Waals surface area contributed by atoms with Crippen LogP contribution < -0.4 is 5.32 Å². The molecule has 20 heavy (non-hydrogen) atoms. The standard InChI is InChI=1S/C16H20BrN3/c1-4-12(10-18-3)16-19-11(2)9-15(20-16)13-5-7-14(17)8-6-13/h5-9,12,18H,4,10H2,1-3H3. The highest BCUT2D eigenvalue weighted by atomic mass is 79.9. The second-order valence-corrected chi connectivity index (χ2v) is 5.84. The zero-order valence-electron chi connectivity index (χ0n) is 12.2. The van der Waals surface area contributed by atoms with E-state index in [0.717, 1.165) is 40.2 Å². The first-order valence-electron chi connectivity index (χ1n) is 6.90. The van der Waals surface area contributed by atoms with Crippen molar-refractivity contribution in [3.05, 3.63) is 46.3 Å². The zero-order valence-corrected chi connectivity index (χ0v) is 13.7. The molecule has 1 atom stereocenters. The lowest BCUT2D eigenvalue weighted by molar-refractivity contribution is 0.579. The van der Waals surface area contributed by atoms with Crippen molar-refractivity contribution in [2.24, 2.45) is 0 Å². The normalized spacial score (nSPS) is 12.4. The van der Waals surface area contributed by atoms with E-state index in [1.165, 1.54) is 0 Å². The van der Waals surface area contributed by atoms with Crippen molar-refractivity contribution >= 4 is 15.9 Å². The maximum absolute atomic E-state index is 4.76. The van der Waals surface area contributed by atoms with Crippen molar-refractivity contribution in [1.29, 1.82) is 0 Å². The molecule has 2 aromatic rings. The Labute approximate surface area is 129 Å². The number of halogens is 1. The summed E-state index contributed by atoms with van der Waals surface area (Å²) in [5.74, 6) is 1.29. The van der Waals surface area contributed by atoms with Crippen molar-refractivity contribution in [3.8, 4) is 11.3 Å². The molecule has 1 N–H and O–H groups in total. The molecule has 1 heterocycles. The molecule has 0 amide bonds. The average molecular weight is 334 g/mol. The van der Waals surface area contributed by atoms with E-state index in [2.05, 4.69) is 45.3 Å². The Bertz CT molecular complexity index is 566. The molecule has 3 nitrogen and oxygen atoms in total. The Morgan fingerprint density at radius 2 is 1.90 bits per heavy atom. The number of nitrogens with one attached hydrogen (secondary N) is 1. The molecule has 0 spiro atoms. The molecular weight excluding hydrogens is 314 g/mol. The lowest BCUT2D eigenvalue weighted by Crippen LogP contribution is -2.19. The summed E-state index contributed by atoms with van der Waals surface area (Å²) in [5.41, 5.74) is 3.14. The molecule has 0 radical (unpaired) electrons. The van der Waals surface area contributed by atoms with Gasteiger partial charge in [0.1, 0.15) is 5.82 Å². The number of likely N-dealkylation sites (N-methyl/N-ethyl adjacent to an activating group) is 1. The van der Waals surface area contributed by atoms with E-state index >= 15 is 0 Å². The summed E-state index contributed by atoms with van der Waals surface area (Å²) in [6.07, 6.45) is 1.03. The molecule has 0 aliphatic heterocycles. The third-order valence-electron chi connectivity index (χ3n) is 3.32. The Morgan fingerprint density at radius 3 is 2.50 bits per heavy atom. The number of hydrogen-bond acceptors (Lipinski definition) is 3. The highest BCUT2D eigenvalue weighted by molar-refractivity contribution is 9.10. The van der Waals surface area contributed by atoms with Crippen LogP contribution in [0.2, 0.25) is 0 Å². The highest BCUT2D eigenvalue weighted by Crippen LogP contribution is 2.23. The minimum absolute atomic E-state index is 0.356. The van der Waals surface area contributed by atoms with Crippen LogP contribution in [0, 0.1) is 6.92 Å². The SMILES string of the molecule is CCC(CNC)c1nc(C)cc(-c2ccc(Br)cc2)n1. The summed E-state index contributed by atoms with van der Waals surface area (Å²) in [4.78, 5) is 9.36. The zero-order chi connectivity index (χ0) is 14.5. The fourth-order valence-corrected chi connectivity index (χ4v) is 2.47. The Balaban J connectivity index is 2.39. The minimum Gasteiger partial charge on any atom is -0.319 e. The van der Waals surface area contributed by atoms with E-state index in [1.807, 2.05) is 32.2 Å². The van der Waals surface area contributed by atoms with Gasteiger partial charge in [-0.05, 0) is 38.6 Å². The van der Waals surface area contributed by atoms with Crippen molar-refractivity contribution in [2.75, 3.05) is 13.6 Å². The predicted octanol–water partition coefficient (Wildman–Crippen LogP) is 3.93. The van der Waals surface area contributed by atoms with Crippen LogP contribution in [0.4, 0.5) is 0 Å². The fraction of sp³-hybridized carbons (Fsp3) is 0.375. The molecule has 0 saturated heterocycles. The lowest BCUT2D eigenvalue weighted by Gasteiger charge is -2.14. The molecule has 0 saturated carbocycles. The van der Waals surface area contributed by atoms with Crippen molar-refractivity contribution in [1.82, 2.24) is 15.3 Å². The molecule has 106 valence electrons. The topological polar surface area (TPSA) is 37.8 Å². The van der Waals surface area contributed by atoms with Gasteiger partial charge >= 0.3 is 0 Å². The number of aryl methyl sites for hydroxylation is 1. The smallest absolute Gasteiger partial charge is 0.133 e. The lowest BCUT2D eigenvalue weighted by atomic mass is 10.0. The number of hydrogen-bond donors (Lipinski definition) is 1. The first kappa shape index (κ1) is 15.1. The summed E-state index contributed by atoms with van der Waals surface area (Å²) in [6.45, 7) is 5.10. The largest absolute Gasteiger partial charge is 0.319 e. The summed E-state index contributed by atoms with van der Waals surface area (Å²) in [5, 5.41) is 3.22. The van der Waals surface area contributed by atoms with Crippen molar-refractivity contribution in [3.63, 3.8) is 0 Å². The first-order valence-corrected chi connectivity index (χ1v) is 7.69. The van der Waals surface area contributed by atoms with Crippen LogP contribution in [-0.2, 0) is 0 Å². The van der Waals surface area contributed by atoms with Crippen LogP contribution in [0.3, 0.4) is 0 Å². The Hall–Kier alpha value is -1.26. The molecule has 4 heteroatoms.